The van der Waals surface area contributed by atoms with Crippen LogP contribution < -0.4 is 5.73 Å². The molecule has 2 N–H and O–H groups in total. The van der Waals surface area contributed by atoms with Gasteiger partial charge >= 0.3 is 0 Å². The number of rotatable bonds is 27. The van der Waals surface area contributed by atoms with E-state index in [2.05, 4.69) is 20.8 Å². The van der Waals surface area contributed by atoms with Gasteiger partial charge in [-0.1, -0.05) is 143 Å². The molecule has 0 aromatic heterocycles. The highest BCUT2D eigenvalue weighted by molar-refractivity contribution is 4.54. The largest absolute Gasteiger partial charge is 0.353 e. The van der Waals surface area contributed by atoms with E-state index in [1.54, 1.807) is 0 Å². The molecule has 2 unspecified atom stereocenters. The van der Waals surface area contributed by atoms with E-state index in [-0.39, 0.29) is 12.5 Å². The van der Waals surface area contributed by atoms with Crippen molar-refractivity contribution in [2.24, 2.45) is 5.73 Å². The first-order valence-electron chi connectivity index (χ1n) is 14.8. The van der Waals surface area contributed by atoms with E-state index in [1.165, 1.54) is 128 Å². The van der Waals surface area contributed by atoms with Gasteiger partial charge < -0.3 is 15.2 Å². The van der Waals surface area contributed by atoms with E-state index < -0.39 is 0 Å². The lowest BCUT2D eigenvalue weighted by Crippen LogP contribution is -2.31. The zero-order chi connectivity index (χ0) is 23.5. The molecule has 0 radical (unpaired) electrons. The lowest BCUT2D eigenvalue weighted by Gasteiger charge is -2.22. The minimum Gasteiger partial charge on any atom is -0.353 e. The summed E-state index contributed by atoms with van der Waals surface area (Å²) in [7, 11) is 0. The minimum atomic E-state index is -0.194. The molecule has 0 fully saturated rings. The first-order chi connectivity index (χ1) is 15.7. The van der Waals surface area contributed by atoms with Crippen molar-refractivity contribution < 1.29 is 9.47 Å². The minimum absolute atomic E-state index is 0.109. The average Bonchev–Trinajstić information content (AvgIpc) is 2.80. The van der Waals surface area contributed by atoms with Gasteiger partial charge in [-0.15, -0.1) is 0 Å². The molecular weight excluding hydrogens is 394 g/mol. The lowest BCUT2D eigenvalue weighted by molar-refractivity contribution is -0.174. The van der Waals surface area contributed by atoms with Crippen LogP contribution in [0.3, 0.4) is 0 Å². The smallest absolute Gasteiger partial charge is 0.159 e. The zero-order valence-electron chi connectivity index (χ0n) is 22.5. The van der Waals surface area contributed by atoms with Crippen LogP contribution in [0.1, 0.15) is 168 Å². The number of ether oxygens (including phenoxy) is 2. The Bertz CT molecular complexity index is 337. The van der Waals surface area contributed by atoms with Crippen molar-refractivity contribution in [2.45, 2.75) is 181 Å². The topological polar surface area (TPSA) is 44.5 Å². The van der Waals surface area contributed by atoms with Gasteiger partial charge in [-0.25, -0.2) is 0 Å². The fourth-order valence-electron chi connectivity index (χ4n) is 4.26. The van der Waals surface area contributed by atoms with Gasteiger partial charge in [0.1, 0.15) is 6.23 Å². The highest BCUT2D eigenvalue weighted by Gasteiger charge is 2.13. The maximum absolute atomic E-state index is 6.08. The van der Waals surface area contributed by atoms with Crippen LogP contribution in [0, 0.1) is 0 Å². The Kier molecular flexibility index (Phi) is 27.0. The summed E-state index contributed by atoms with van der Waals surface area (Å²) in [6.45, 7) is 7.46. The predicted octanol–water partition coefficient (Wildman–Crippen LogP) is 9.66. The summed E-state index contributed by atoms with van der Waals surface area (Å²) in [5, 5.41) is 0. The molecule has 0 rings (SSSR count). The number of hydrogen-bond acceptors (Lipinski definition) is 3. The lowest BCUT2D eigenvalue weighted by atomic mass is 10.1. The van der Waals surface area contributed by atoms with Crippen LogP contribution in [-0.2, 0) is 9.47 Å². The molecule has 0 aliphatic carbocycles. The number of nitrogens with two attached hydrogens (primary N) is 1. The van der Waals surface area contributed by atoms with E-state index in [1.807, 2.05) is 0 Å². The molecule has 0 heterocycles. The molecule has 3 heteroatoms. The number of unbranched alkanes of at least 4 members (excludes halogenated alkanes) is 19. The molecule has 3 nitrogen and oxygen atoms in total. The Morgan fingerprint density at radius 3 is 1.28 bits per heavy atom. The van der Waals surface area contributed by atoms with Gasteiger partial charge in [0.15, 0.2) is 6.29 Å². The van der Waals surface area contributed by atoms with Crippen molar-refractivity contribution >= 4 is 0 Å². The highest BCUT2D eigenvalue weighted by atomic mass is 16.7. The summed E-state index contributed by atoms with van der Waals surface area (Å²) < 4.78 is 12.0. The molecule has 0 spiro atoms. The SMILES string of the molecule is CCCCCCCCCCCCCCOC(CCCCCCCCCCC)OC(N)CC. The molecular formula is C29H61NO2. The van der Waals surface area contributed by atoms with Gasteiger partial charge in [0, 0.05) is 6.61 Å². The molecule has 0 bridgehead atoms. The second-order valence-electron chi connectivity index (χ2n) is 9.89. The molecule has 32 heavy (non-hydrogen) atoms. The van der Waals surface area contributed by atoms with Crippen LogP contribution in [0.25, 0.3) is 0 Å². The molecule has 0 aliphatic rings. The Morgan fingerprint density at radius 1 is 0.500 bits per heavy atom. The average molecular weight is 456 g/mol. The molecule has 0 saturated carbocycles. The first kappa shape index (κ1) is 31.9. The standard InChI is InChI=1S/C29H61NO2/c1-4-7-9-11-13-15-16-17-19-21-23-25-27-31-29(32-28(30)6-3)26-24-22-20-18-14-12-10-8-5-2/h28-29H,4-27,30H2,1-3H3. The zero-order valence-corrected chi connectivity index (χ0v) is 22.5. The highest BCUT2D eigenvalue weighted by Crippen LogP contribution is 2.15. The van der Waals surface area contributed by atoms with Crippen LogP contribution in [-0.4, -0.2) is 19.1 Å². The van der Waals surface area contributed by atoms with Gasteiger partial charge in [-0.05, 0) is 25.7 Å². The van der Waals surface area contributed by atoms with Crippen molar-refractivity contribution in [2.75, 3.05) is 6.61 Å². The summed E-state index contributed by atoms with van der Waals surface area (Å²) in [5.41, 5.74) is 6.03. The second-order valence-corrected chi connectivity index (χ2v) is 9.89. The quantitative estimate of drug-likeness (QED) is 0.0990. The van der Waals surface area contributed by atoms with E-state index in [4.69, 9.17) is 15.2 Å². The Morgan fingerprint density at radius 2 is 0.875 bits per heavy atom. The van der Waals surface area contributed by atoms with E-state index in [0.29, 0.717) is 0 Å². The molecule has 0 aromatic rings. The molecule has 0 amide bonds. The molecule has 0 aromatic carbocycles. The maximum atomic E-state index is 6.08. The molecule has 0 aliphatic heterocycles. The predicted molar refractivity (Wildman–Crippen MR) is 142 cm³/mol. The van der Waals surface area contributed by atoms with Crippen molar-refractivity contribution in [1.29, 1.82) is 0 Å². The second kappa shape index (κ2) is 27.1. The summed E-state index contributed by atoms with van der Waals surface area (Å²) in [5.74, 6) is 0. The monoisotopic (exact) mass is 455 g/mol. The van der Waals surface area contributed by atoms with Gasteiger partial charge in [0.2, 0.25) is 0 Å². The van der Waals surface area contributed by atoms with Crippen LogP contribution in [0.15, 0.2) is 0 Å². The summed E-state index contributed by atoms with van der Waals surface area (Å²) in [4.78, 5) is 0. The maximum Gasteiger partial charge on any atom is 0.159 e. The Balaban J connectivity index is 3.62. The third kappa shape index (κ3) is 24.5. The summed E-state index contributed by atoms with van der Waals surface area (Å²) in [6.07, 6.45) is 30.2. The molecule has 194 valence electrons. The van der Waals surface area contributed by atoms with E-state index >= 15 is 0 Å². The Hall–Kier alpha value is -0.120. The van der Waals surface area contributed by atoms with Gasteiger partial charge in [-0.2, -0.15) is 0 Å². The van der Waals surface area contributed by atoms with Crippen LogP contribution >= 0.6 is 0 Å². The summed E-state index contributed by atoms with van der Waals surface area (Å²) in [6, 6.07) is 0. The van der Waals surface area contributed by atoms with Gasteiger partial charge in [0.25, 0.3) is 0 Å². The van der Waals surface area contributed by atoms with Crippen LogP contribution in [0.5, 0.6) is 0 Å². The number of hydrogen-bond donors (Lipinski definition) is 1. The van der Waals surface area contributed by atoms with Crippen LogP contribution in [0.2, 0.25) is 0 Å². The van der Waals surface area contributed by atoms with E-state index in [0.717, 1.165) is 25.9 Å². The van der Waals surface area contributed by atoms with Gasteiger partial charge in [0.05, 0.1) is 0 Å². The van der Waals surface area contributed by atoms with Crippen molar-refractivity contribution in [1.82, 2.24) is 0 Å². The normalized spacial score (nSPS) is 13.5. The van der Waals surface area contributed by atoms with Crippen LogP contribution in [0.4, 0.5) is 0 Å². The third-order valence-corrected chi connectivity index (χ3v) is 6.57. The molecule has 0 saturated heterocycles. The third-order valence-electron chi connectivity index (χ3n) is 6.57. The first-order valence-corrected chi connectivity index (χ1v) is 14.8. The van der Waals surface area contributed by atoms with Crippen molar-refractivity contribution in [3.05, 3.63) is 0 Å². The van der Waals surface area contributed by atoms with Crippen molar-refractivity contribution in [3.63, 3.8) is 0 Å². The Labute approximate surface area is 203 Å². The fourth-order valence-corrected chi connectivity index (χ4v) is 4.26. The fraction of sp³-hybridized carbons (Fsp3) is 1.00. The van der Waals surface area contributed by atoms with Gasteiger partial charge in [-0.3, -0.25) is 0 Å². The molecule has 2 atom stereocenters. The summed E-state index contributed by atoms with van der Waals surface area (Å²) >= 11 is 0. The van der Waals surface area contributed by atoms with E-state index in [9.17, 15) is 0 Å². The van der Waals surface area contributed by atoms with Crippen molar-refractivity contribution in [3.8, 4) is 0 Å².